The van der Waals surface area contributed by atoms with Crippen LogP contribution in [0.15, 0.2) is 134 Å². The molecule has 0 fully saturated rings. The molecule has 89 heavy (non-hydrogen) atoms. The molecule has 5 unspecified atom stereocenters. The predicted molar refractivity (Wildman–Crippen MR) is 362 cm³/mol. The third kappa shape index (κ3) is 65.0. The van der Waals surface area contributed by atoms with Gasteiger partial charge in [-0.25, -0.2) is 9.13 Å². The van der Waals surface area contributed by atoms with Gasteiger partial charge >= 0.3 is 33.6 Å². The summed E-state index contributed by atoms with van der Waals surface area (Å²) in [6, 6.07) is 0. The van der Waals surface area contributed by atoms with Crippen molar-refractivity contribution in [2.75, 3.05) is 39.6 Å². The van der Waals surface area contributed by atoms with Crippen molar-refractivity contribution < 1.29 is 75.8 Å². The van der Waals surface area contributed by atoms with E-state index in [2.05, 4.69) is 154 Å². The summed E-state index contributed by atoms with van der Waals surface area (Å²) < 4.78 is 60.7. The average molecular weight is 1290 g/mol. The number of hydrogen-bond donors (Lipinski definition) is 4. The minimum atomic E-state index is -4.93. The van der Waals surface area contributed by atoms with Crippen LogP contribution in [0.2, 0.25) is 0 Å². The van der Waals surface area contributed by atoms with Crippen LogP contribution in [0.1, 0.15) is 239 Å². The van der Waals surface area contributed by atoms with Gasteiger partial charge in [-0.05, 0) is 128 Å². The van der Waals surface area contributed by atoms with Gasteiger partial charge in [-0.3, -0.25) is 32.5 Å². The quantitative estimate of drug-likeness (QED) is 0.0146. The molecule has 0 spiro atoms. The molecule has 0 aromatic rings. The van der Waals surface area contributed by atoms with Crippen molar-refractivity contribution in [1.29, 1.82) is 0 Å². The zero-order valence-electron chi connectivity index (χ0n) is 54.8. The molecule has 18 heteroatoms. The molecule has 0 aliphatic rings. The second-order valence-corrected chi connectivity index (χ2v) is 24.8. The molecule has 0 aliphatic carbocycles. The summed E-state index contributed by atoms with van der Waals surface area (Å²) in [6.45, 7) is 2.31. The highest BCUT2D eigenvalue weighted by atomic mass is 31.2. The molecule has 0 amide bonds. The average Bonchev–Trinajstić information content (AvgIpc) is 3.52. The Morgan fingerprint density at radius 2 is 0.596 bits per heavy atom. The first-order chi connectivity index (χ1) is 43.2. The van der Waals surface area contributed by atoms with Crippen molar-refractivity contribution in [3.8, 4) is 0 Å². The number of hydrogen-bond acceptors (Lipinski definition) is 14. The van der Waals surface area contributed by atoms with Crippen molar-refractivity contribution >= 4 is 33.6 Å². The molecule has 0 saturated heterocycles. The van der Waals surface area contributed by atoms with Crippen LogP contribution in [0.25, 0.3) is 0 Å². The standard InChI is InChI=1S/C71H118O16P2/c1-4-7-10-13-16-19-22-24-26-28-29-30-31-32-33-34-35-37-39-40-43-45-48-51-54-57-69(74)81-60-66(72)61-83-88(77,78)84-62-67(73)63-85-89(79,80)86-65-68(87-71(76)59-56-53-50-47-42-21-18-15-12-9-6-3)64-82-70(75)58-55-52-49-46-44-41-38-36-27-25-23-20-17-14-11-8-5-2/h7-8,10-11,15-20,24-27,29-30,32-33,35,37-38,41,66-68,72-73H,4-6,9,12-14,21-23,28,31,34,36,39-40,42-65H2,1-3H3,(H,77,78)(H,79,80)/b10-7-,11-8-,18-15-,19-16-,20-17-,26-24-,27-25-,30-29-,33-32-,37-35-,41-38-. The maximum atomic E-state index is 12.8. The van der Waals surface area contributed by atoms with Gasteiger partial charge in [-0.1, -0.05) is 225 Å². The molecule has 16 nitrogen and oxygen atoms in total. The van der Waals surface area contributed by atoms with Crippen LogP contribution in [0.4, 0.5) is 0 Å². The Bertz CT molecular complexity index is 2160. The van der Waals surface area contributed by atoms with E-state index in [1.54, 1.807) is 0 Å². The number of unbranched alkanes of at least 4 members (excludes halogenated alkanes) is 17. The van der Waals surface area contributed by atoms with E-state index < -0.39 is 91.5 Å². The van der Waals surface area contributed by atoms with E-state index in [0.29, 0.717) is 19.3 Å². The molecular formula is C71H118O16P2. The normalized spacial score (nSPS) is 15.1. The minimum absolute atomic E-state index is 0.0847. The Morgan fingerprint density at radius 3 is 0.955 bits per heavy atom. The molecule has 5 atom stereocenters. The highest BCUT2D eigenvalue weighted by Crippen LogP contribution is 2.45. The lowest BCUT2D eigenvalue weighted by atomic mass is 10.1. The topological polar surface area (TPSA) is 231 Å². The van der Waals surface area contributed by atoms with Crippen LogP contribution >= 0.6 is 15.6 Å². The molecule has 508 valence electrons. The van der Waals surface area contributed by atoms with Crippen LogP contribution in [0.3, 0.4) is 0 Å². The van der Waals surface area contributed by atoms with Crippen LogP contribution in [0.5, 0.6) is 0 Å². The molecule has 0 saturated carbocycles. The predicted octanol–water partition coefficient (Wildman–Crippen LogP) is 18.4. The molecule has 0 bridgehead atoms. The van der Waals surface area contributed by atoms with E-state index in [4.69, 9.17) is 32.3 Å². The fourth-order valence-electron chi connectivity index (χ4n) is 8.25. The lowest BCUT2D eigenvalue weighted by Crippen LogP contribution is -2.30. The van der Waals surface area contributed by atoms with Gasteiger partial charge in [0.25, 0.3) is 0 Å². The smallest absolute Gasteiger partial charge is 0.463 e. The van der Waals surface area contributed by atoms with Crippen molar-refractivity contribution in [2.45, 2.75) is 257 Å². The molecule has 0 aromatic heterocycles. The van der Waals surface area contributed by atoms with E-state index >= 15 is 0 Å². The molecule has 0 aliphatic heterocycles. The second kappa shape index (κ2) is 63.8. The zero-order valence-corrected chi connectivity index (χ0v) is 56.6. The molecule has 0 heterocycles. The third-order valence-corrected chi connectivity index (χ3v) is 15.2. The Kier molecular flexibility index (Phi) is 60.7. The summed E-state index contributed by atoms with van der Waals surface area (Å²) in [5, 5.41) is 20.5. The summed E-state index contributed by atoms with van der Waals surface area (Å²) in [5.41, 5.74) is 0. The summed E-state index contributed by atoms with van der Waals surface area (Å²) >= 11 is 0. The lowest BCUT2D eigenvalue weighted by Gasteiger charge is -2.21. The fourth-order valence-corrected chi connectivity index (χ4v) is 9.83. The number of aliphatic hydroxyl groups is 2. The minimum Gasteiger partial charge on any atom is -0.463 e. The maximum absolute atomic E-state index is 12.8. The van der Waals surface area contributed by atoms with Gasteiger partial charge in [-0.2, -0.15) is 0 Å². The van der Waals surface area contributed by atoms with Gasteiger partial charge < -0.3 is 34.2 Å². The highest BCUT2D eigenvalue weighted by Gasteiger charge is 2.29. The van der Waals surface area contributed by atoms with Crippen molar-refractivity contribution in [3.05, 3.63) is 134 Å². The van der Waals surface area contributed by atoms with Crippen LogP contribution < -0.4 is 0 Å². The van der Waals surface area contributed by atoms with Gasteiger partial charge in [-0.15, -0.1) is 0 Å². The number of aliphatic hydroxyl groups excluding tert-OH is 2. The molecular weight excluding hydrogens is 1170 g/mol. The Morgan fingerprint density at radius 1 is 0.326 bits per heavy atom. The first kappa shape index (κ1) is 84.7. The van der Waals surface area contributed by atoms with Crippen LogP contribution in [0, 0.1) is 0 Å². The monoisotopic (exact) mass is 1290 g/mol. The summed E-state index contributed by atoms with van der Waals surface area (Å²) in [6.07, 6.45) is 73.7. The number of carbonyl (C=O) groups is 3. The molecule has 0 aromatic carbocycles. The number of rotatable bonds is 62. The number of allylic oxidation sites excluding steroid dienone is 22. The van der Waals surface area contributed by atoms with Crippen molar-refractivity contribution in [3.63, 3.8) is 0 Å². The van der Waals surface area contributed by atoms with E-state index in [9.17, 15) is 43.5 Å². The third-order valence-electron chi connectivity index (χ3n) is 13.3. The molecule has 0 rings (SSSR count). The zero-order chi connectivity index (χ0) is 65.3. The Hall–Kier alpha value is -4.31. The van der Waals surface area contributed by atoms with Gasteiger partial charge in [0.2, 0.25) is 0 Å². The van der Waals surface area contributed by atoms with Gasteiger partial charge in [0.15, 0.2) is 6.10 Å². The van der Waals surface area contributed by atoms with E-state index in [1.807, 2.05) is 0 Å². The van der Waals surface area contributed by atoms with Gasteiger partial charge in [0.05, 0.1) is 26.4 Å². The second-order valence-electron chi connectivity index (χ2n) is 21.9. The van der Waals surface area contributed by atoms with Gasteiger partial charge in [0.1, 0.15) is 25.4 Å². The van der Waals surface area contributed by atoms with E-state index in [0.717, 1.165) is 167 Å². The highest BCUT2D eigenvalue weighted by molar-refractivity contribution is 7.47. The maximum Gasteiger partial charge on any atom is 0.472 e. The van der Waals surface area contributed by atoms with Crippen molar-refractivity contribution in [1.82, 2.24) is 0 Å². The van der Waals surface area contributed by atoms with Crippen molar-refractivity contribution in [2.24, 2.45) is 0 Å². The number of phosphoric ester groups is 2. The summed E-state index contributed by atoms with van der Waals surface area (Å²) in [5.74, 6) is -1.64. The van der Waals surface area contributed by atoms with Gasteiger partial charge in [0, 0.05) is 19.3 Å². The molecule has 4 N–H and O–H groups in total. The summed E-state index contributed by atoms with van der Waals surface area (Å²) in [4.78, 5) is 58.2. The number of carbonyl (C=O) groups excluding carboxylic acids is 3. The number of ether oxygens (including phenoxy) is 3. The summed E-state index contributed by atoms with van der Waals surface area (Å²) in [7, 11) is -9.79. The van der Waals surface area contributed by atoms with E-state index in [1.165, 1.54) is 12.8 Å². The van der Waals surface area contributed by atoms with E-state index in [-0.39, 0.29) is 19.3 Å². The number of phosphoric acid groups is 2. The SMILES string of the molecule is CC/C=C\C/C=C\C/C=C\C/C=C\C/C=C\C/C=C\CCCCCCCCC(=O)OCC(O)COP(=O)(O)OCC(O)COP(=O)(O)OCC(COC(=O)CCCCCC/C=C\C/C=C\C/C=C\C/C=C\CC)OC(=O)CCCCCCC/C=C\CCCC. The molecule has 0 radical (unpaired) electrons. The van der Waals surface area contributed by atoms with Crippen LogP contribution in [-0.2, 0) is 55.8 Å². The number of esters is 3. The van der Waals surface area contributed by atoms with Crippen LogP contribution in [-0.4, -0.2) is 95.9 Å². The fraction of sp³-hybridized carbons (Fsp3) is 0.648. The first-order valence-electron chi connectivity index (χ1n) is 33.5. The lowest BCUT2D eigenvalue weighted by molar-refractivity contribution is -0.161. The first-order valence-corrected chi connectivity index (χ1v) is 36.5. The Balaban J connectivity index is 4.57. The Labute approximate surface area is 537 Å². The largest absolute Gasteiger partial charge is 0.472 e.